The van der Waals surface area contributed by atoms with Crippen LogP contribution in [0, 0.1) is 0 Å². The van der Waals surface area contributed by atoms with Crippen molar-refractivity contribution in [1.29, 1.82) is 0 Å². The third-order valence-corrected chi connectivity index (χ3v) is 8.28. The highest BCUT2D eigenvalue weighted by Gasteiger charge is 2.43. The van der Waals surface area contributed by atoms with Crippen LogP contribution in [0.15, 0.2) is 91.0 Å². The van der Waals surface area contributed by atoms with Crippen molar-refractivity contribution in [3.63, 3.8) is 0 Å². The van der Waals surface area contributed by atoms with Crippen molar-refractivity contribution in [3.05, 3.63) is 108 Å². The van der Waals surface area contributed by atoms with E-state index in [0.29, 0.717) is 5.92 Å². The standard InChI is InChI=1S/C31H41P.BrH/c1-2-3-4-5-6-7-8-9-19-26-30(27-20-13-10-14-21-27)31(32,28-22-15-11-16-23-28)29-24-17-12-18-25-29;/h10-18,20-25,30H,2-9,19,26,32H2,1H3;1H. The van der Waals surface area contributed by atoms with Gasteiger partial charge in [0.1, 0.15) is 5.16 Å². The van der Waals surface area contributed by atoms with Gasteiger partial charge in [0.2, 0.25) is 0 Å². The molecule has 3 aromatic rings. The molecular weight excluding hydrogens is 483 g/mol. The fraction of sp³-hybridized carbons (Fsp3) is 0.419. The van der Waals surface area contributed by atoms with Crippen LogP contribution in [0.4, 0.5) is 0 Å². The average Bonchev–Trinajstić information content (AvgIpc) is 2.86. The summed E-state index contributed by atoms with van der Waals surface area (Å²) in [6.45, 7) is 2.29. The molecule has 0 amide bonds. The Morgan fingerprint density at radius 1 is 0.576 bits per heavy atom. The fourth-order valence-corrected chi connectivity index (χ4v) is 5.99. The lowest BCUT2D eigenvalue weighted by molar-refractivity contribution is -0.00000645. The van der Waals surface area contributed by atoms with Gasteiger partial charge in [0, 0.05) is 5.92 Å². The maximum Gasteiger partial charge on any atom is 0.129 e. The SMILES string of the molecule is CCCCCCCCCCCC(c1ccccc1)C([PH3+])(c1ccccc1)c1ccccc1.[Br-]. The van der Waals surface area contributed by atoms with Crippen LogP contribution < -0.4 is 17.0 Å². The van der Waals surface area contributed by atoms with Gasteiger partial charge in [-0.3, -0.25) is 0 Å². The lowest BCUT2D eigenvalue weighted by Crippen LogP contribution is -3.00. The molecule has 0 radical (unpaired) electrons. The molecule has 0 nitrogen and oxygen atoms in total. The Hall–Kier alpha value is -1.43. The minimum absolute atomic E-state index is 0. The van der Waals surface area contributed by atoms with Crippen molar-refractivity contribution in [3.8, 4) is 0 Å². The van der Waals surface area contributed by atoms with E-state index in [9.17, 15) is 0 Å². The number of halogens is 1. The molecule has 0 bridgehead atoms. The lowest BCUT2D eigenvalue weighted by atomic mass is 9.74. The largest absolute Gasteiger partial charge is 1.00 e. The van der Waals surface area contributed by atoms with Crippen LogP contribution in [0.5, 0.6) is 0 Å². The predicted octanol–water partition coefficient (Wildman–Crippen LogP) is 6.25. The molecule has 0 aliphatic heterocycles. The highest BCUT2D eigenvalue weighted by atomic mass is 79.9. The normalized spacial score (nSPS) is 12.3. The average molecular weight is 526 g/mol. The third-order valence-electron chi connectivity index (χ3n) is 6.97. The van der Waals surface area contributed by atoms with Crippen LogP contribution in [0.1, 0.15) is 93.7 Å². The number of hydrogen-bond donors (Lipinski definition) is 0. The van der Waals surface area contributed by atoms with Crippen LogP contribution in [0.25, 0.3) is 0 Å². The molecular formula is C31H42BrP. The van der Waals surface area contributed by atoms with E-state index in [2.05, 4.69) is 107 Å². The van der Waals surface area contributed by atoms with Gasteiger partial charge < -0.3 is 17.0 Å². The van der Waals surface area contributed by atoms with Gasteiger partial charge in [-0.25, -0.2) is 0 Å². The molecule has 0 N–H and O–H groups in total. The van der Waals surface area contributed by atoms with E-state index in [1.165, 1.54) is 80.9 Å². The molecule has 0 aliphatic rings. The van der Waals surface area contributed by atoms with Crippen molar-refractivity contribution < 1.29 is 17.0 Å². The molecule has 33 heavy (non-hydrogen) atoms. The maximum absolute atomic E-state index is 2.34. The van der Waals surface area contributed by atoms with Crippen molar-refractivity contribution in [2.45, 2.75) is 82.2 Å². The van der Waals surface area contributed by atoms with Gasteiger partial charge in [0.25, 0.3) is 0 Å². The first kappa shape index (κ1) is 27.8. The summed E-state index contributed by atoms with van der Waals surface area (Å²) >= 11 is 0. The smallest absolute Gasteiger partial charge is 0.129 e. The Balaban J connectivity index is 0.00000385. The molecule has 0 spiro atoms. The second-order valence-corrected chi connectivity index (χ2v) is 10.4. The summed E-state index contributed by atoms with van der Waals surface area (Å²) in [7, 11) is 2.19. The Morgan fingerprint density at radius 2 is 0.970 bits per heavy atom. The minimum Gasteiger partial charge on any atom is -1.00 e. The van der Waals surface area contributed by atoms with E-state index in [1.807, 2.05) is 0 Å². The summed E-state index contributed by atoms with van der Waals surface area (Å²) in [5.41, 5.74) is 4.32. The molecule has 3 rings (SSSR count). The Labute approximate surface area is 215 Å². The summed E-state index contributed by atoms with van der Waals surface area (Å²) in [5, 5.41) is -0.0238. The van der Waals surface area contributed by atoms with Crippen molar-refractivity contribution in [2.24, 2.45) is 0 Å². The van der Waals surface area contributed by atoms with Gasteiger partial charge in [0.05, 0.1) is 0 Å². The second kappa shape index (κ2) is 15.5. The molecule has 0 aromatic heterocycles. The second-order valence-electron chi connectivity index (χ2n) is 9.28. The molecule has 0 heterocycles. The van der Waals surface area contributed by atoms with Crippen LogP contribution in [0.2, 0.25) is 0 Å². The summed E-state index contributed by atoms with van der Waals surface area (Å²) in [5.74, 6) is 0.469. The summed E-state index contributed by atoms with van der Waals surface area (Å²) in [6.07, 6.45) is 13.6. The summed E-state index contributed by atoms with van der Waals surface area (Å²) < 4.78 is 0. The minimum atomic E-state index is -0.0238. The van der Waals surface area contributed by atoms with E-state index >= 15 is 0 Å². The van der Waals surface area contributed by atoms with E-state index < -0.39 is 0 Å². The molecule has 0 fully saturated rings. The Kier molecular flexibility index (Phi) is 13.0. The van der Waals surface area contributed by atoms with Crippen LogP contribution >= 0.6 is 9.24 Å². The number of benzene rings is 3. The first-order valence-corrected chi connectivity index (χ1v) is 13.5. The van der Waals surface area contributed by atoms with Gasteiger partial charge in [-0.05, 0) is 32.4 Å². The zero-order valence-corrected chi connectivity index (χ0v) is 23.4. The van der Waals surface area contributed by atoms with Gasteiger partial charge in [-0.2, -0.15) is 0 Å². The van der Waals surface area contributed by atoms with Crippen molar-refractivity contribution in [1.82, 2.24) is 0 Å². The Bertz CT molecular complexity index is 824. The molecule has 2 unspecified atom stereocenters. The zero-order chi connectivity index (χ0) is 22.5. The van der Waals surface area contributed by atoms with Gasteiger partial charge >= 0.3 is 0 Å². The summed E-state index contributed by atoms with van der Waals surface area (Å²) in [4.78, 5) is 0. The van der Waals surface area contributed by atoms with Gasteiger partial charge in [0.15, 0.2) is 0 Å². The molecule has 178 valence electrons. The molecule has 3 aromatic carbocycles. The zero-order valence-electron chi connectivity index (χ0n) is 20.4. The Morgan fingerprint density at radius 3 is 1.42 bits per heavy atom. The maximum atomic E-state index is 2.34. The highest BCUT2D eigenvalue weighted by Crippen LogP contribution is 2.51. The van der Waals surface area contributed by atoms with Crippen LogP contribution in [0.3, 0.4) is 0 Å². The molecule has 0 saturated heterocycles. The van der Waals surface area contributed by atoms with Gasteiger partial charge in [-0.1, -0.05) is 156 Å². The van der Waals surface area contributed by atoms with E-state index in [-0.39, 0.29) is 22.1 Å². The van der Waals surface area contributed by atoms with E-state index in [1.54, 1.807) is 0 Å². The summed E-state index contributed by atoms with van der Waals surface area (Å²) in [6, 6.07) is 33.6. The predicted molar refractivity (Wildman–Crippen MR) is 146 cm³/mol. The number of rotatable bonds is 14. The number of unbranched alkanes of at least 4 members (excludes halogenated alkanes) is 8. The molecule has 2 heteroatoms. The van der Waals surface area contributed by atoms with Crippen LogP contribution in [-0.4, -0.2) is 0 Å². The van der Waals surface area contributed by atoms with E-state index in [4.69, 9.17) is 0 Å². The van der Waals surface area contributed by atoms with Crippen molar-refractivity contribution in [2.75, 3.05) is 0 Å². The third kappa shape index (κ3) is 8.08. The van der Waals surface area contributed by atoms with Crippen LogP contribution in [-0.2, 0) is 5.16 Å². The van der Waals surface area contributed by atoms with E-state index in [0.717, 1.165) is 0 Å². The topological polar surface area (TPSA) is 0 Å². The monoisotopic (exact) mass is 524 g/mol. The molecule has 0 saturated carbocycles. The van der Waals surface area contributed by atoms with Gasteiger partial charge in [-0.15, -0.1) is 0 Å². The lowest BCUT2D eigenvalue weighted by Gasteiger charge is -2.35. The fourth-order valence-electron chi connectivity index (χ4n) is 5.08. The van der Waals surface area contributed by atoms with Crippen molar-refractivity contribution >= 4 is 9.24 Å². The quantitative estimate of drug-likeness (QED) is 0.173. The molecule has 2 atom stereocenters. The molecule has 0 aliphatic carbocycles. The first-order valence-electron chi connectivity index (χ1n) is 12.8. The highest BCUT2D eigenvalue weighted by molar-refractivity contribution is 7.19. The number of hydrogen-bond acceptors (Lipinski definition) is 0. The first-order chi connectivity index (χ1) is 15.8.